The molecule has 0 saturated heterocycles. The second kappa shape index (κ2) is 9.09. The number of aromatic amines is 1. The van der Waals surface area contributed by atoms with Crippen LogP contribution in [0.15, 0.2) is 79.3 Å². The highest BCUT2D eigenvalue weighted by atomic mass is 15.1. The van der Waals surface area contributed by atoms with E-state index in [1.54, 1.807) is 6.33 Å². The number of nitrogens with one attached hydrogen (secondary N) is 1. The molecule has 0 saturated carbocycles. The van der Waals surface area contributed by atoms with Crippen molar-refractivity contribution in [3.8, 4) is 0 Å². The number of rotatable bonds is 8. The molecule has 2 heterocycles. The fourth-order valence-corrected chi connectivity index (χ4v) is 3.51. The van der Waals surface area contributed by atoms with E-state index in [1.165, 1.54) is 29.5 Å². The van der Waals surface area contributed by atoms with Crippen molar-refractivity contribution in [2.75, 3.05) is 0 Å². The number of unbranched alkanes of at least 4 members (excludes halogenated alkanes) is 3. The first-order valence-electron chi connectivity index (χ1n) is 9.86. The summed E-state index contributed by atoms with van der Waals surface area (Å²) >= 11 is 0. The molecule has 0 aliphatic heterocycles. The zero-order valence-corrected chi connectivity index (χ0v) is 15.9. The molecule has 1 N–H and O–H groups in total. The molecule has 28 heavy (non-hydrogen) atoms. The molecule has 0 unspecified atom stereocenters. The monoisotopic (exact) mass is 368 g/mol. The van der Waals surface area contributed by atoms with Gasteiger partial charge >= 0.3 is 0 Å². The van der Waals surface area contributed by atoms with Gasteiger partial charge in [0, 0.05) is 0 Å². The van der Waals surface area contributed by atoms with Crippen molar-refractivity contribution in [2.45, 2.75) is 32.1 Å². The van der Waals surface area contributed by atoms with E-state index in [9.17, 15) is 0 Å². The Balaban J connectivity index is 1.35. The number of aryl methyl sites for hydroxylation is 1. The van der Waals surface area contributed by atoms with Crippen molar-refractivity contribution in [1.82, 2.24) is 20.2 Å². The number of benzene rings is 2. The van der Waals surface area contributed by atoms with Crippen LogP contribution in [0.4, 0.5) is 0 Å². The fraction of sp³-hybridized carbons (Fsp3) is 0.208. The SMILES string of the molecule is C(CCCCCc1ncnc2[nH]ncc12)=C(c1ccccc1)c1ccccc1. The van der Waals surface area contributed by atoms with E-state index >= 15 is 0 Å². The maximum Gasteiger partial charge on any atom is 0.158 e. The average Bonchev–Trinajstić information content (AvgIpc) is 3.24. The predicted molar refractivity (Wildman–Crippen MR) is 114 cm³/mol. The summed E-state index contributed by atoms with van der Waals surface area (Å²) in [6, 6.07) is 21.3. The minimum Gasteiger partial charge on any atom is -0.261 e. The third kappa shape index (κ3) is 4.34. The topological polar surface area (TPSA) is 54.5 Å². The third-order valence-corrected chi connectivity index (χ3v) is 4.97. The average molecular weight is 368 g/mol. The molecule has 0 radical (unpaired) electrons. The highest BCUT2D eigenvalue weighted by Gasteiger charge is 2.06. The van der Waals surface area contributed by atoms with E-state index in [-0.39, 0.29) is 0 Å². The van der Waals surface area contributed by atoms with Crippen molar-refractivity contribution in [2.24, 2.45) is 0 Å². The first-order valence-corrected chi connectivity index (χ1v) is 9.86. The van der Waals surface area contributed by atoms with Gasteiger partial charge in [0.05, 0.1) is 17.3 Å². The maximum absolute atomic E-state index is 4.42. The summed E-state index contributed by atoms with van der Waals surface area (Å²) in [6.45, 7) is 0. The van der Waals surface area contributed by atoms with Crippen molar-refractivity contribution < 1.29 is 0 Å². The number of nitrogens with zero attached hydrogens (tertiary/aromatic N) is 3. The number of aromatic nitrogens is 4. The van der Waals surface area contributed by atoms with Crippen LogP contribution in [-0.2, 0) is 6.42 Å². The zero-order valence-electron chi connectivity index (χ0n) is 15.9. The first-order chi connectivity index (χ1) is 13.9. The number of fused-ring (bicyclic) bond motifs is 1. The molecule has 140 valence electrons. The molecule has 0 amide bonds. The zero-order chi connectivity index (χ0) is 19.0. The van der Waals surface area contributed by atoms with Crippen LogP contribution in [0, 0.1) is 0 Å². The summed E-state index contributed by atoms with van der Waals surface area (Å²) in [5.74, 6) is 0. The lowest BCUT2D eigenvalue weighted by Gasteiger charge is -2.09. The lowest BCUT2D eigenvalue weighted by Crippen LogP contribution is -1.93. The van der Waals surface area contributed by atoms with Crippen molar-refractivity contribution in [3.05, 3.63) is 96.1 Å². The van der Waals surface area contributed by atoms with Crippen LogP contribution < -0.4 is 0 Å². The second-order valence-electron chi connectivity index (χ2n) is 6.90. The Morgan fingerprint density at radius 1 is 0.821 bits per heavy atom. The van der Waals surface area contributed by atoms with E-state index in [2.05, 4.69) is 86.9 Å². The summed E-state index contributed by atoms with van der Waals surface area (Å²) in [7, 11) is 0. The second-order valence-corrected chi connectivity index (χ2v) is 6.90. The van der Waals surface area contributed by atoms with E-state index in [1.807, 2.05) is 6.20 Å². The molecule has 2 aromatic carbocycles. The Morgan fingerprint density at radius 3 is 2.25 bits per heavy atom. The summed E-state index contributed by atoms with van der Waals surface area (Å²) in [5.41, 5.74) is 5.78. The number of hydrogen-bond acceptors (Lipinski definition) is 3. The molecule has 4 nitrogen and oxygen atoms in total. The van der Waals surface area contributed by atoms with Crippen LogP contribution in [0.3, 0.4) is 0 Å². The standard InChI is InChI=1S/C24H24N4/c1(2-10-16-23-22-17-27-28-24(22)26-18-25-23)9-15-21(19-11-5-3-6-12-19)20-13-7-4-8-14-20/h3-8,11-15,17-18H,1-2,9-10,16H2,(H,25,26,27,28). The van der Waals surface area contributed by atoms with Gasteiger partial charge in [-0.15, -0.1) is 0 Å². The van der Waals surface area contributed by atoms with E-state index in [0.717, 1.165) is 36.0 Å². The molecule has 0 spiro atoms. The minimum atomic E-state index is 0.822. The molecular formula is C24H24N4. The van der Waals surface area contributed by atoms with Gasteiger partial charge in [-0.3, -0.25) is 5.10 Å². The van der Waals surface area contributed by atoms with Crippen molar-refractivity contribution in [3.63, 3.8) is 0 Å². The molecule has 0 atom stereocenters. The molecule has 0 aliphatic rings. The summed E-state index contributed by atoms with van der Waals surface area (Å²) < 4.78 is 0. The molecule has 4 aromatic rings. The van der Waals surface area contributed by atoms with Crippen molar-refractivity contribution in [1.29, 1.82) is 0 Å². The number of H-pyrrole nitrogens is 1. The van der Waals surface area contributed by atoms with Gasteiger partial charge in [-0.2, -0.15) is 5.10 Å². The lowest BCUT2D eigenvalue weighted by atomic mass is 9.96. The van der Waals surface area contributed by atoms with Gasteiger partial charge in [0.2, 0.25) is 0 Å². The highest BCUT2D eigenvalue weighted by molar-refractivity contribution is 5.79. The maximum atomic E-state index is 4.42. The summed E-state index contributed by atoms with van der Waals surface area (Å²) in [5, 5.41) is 8.01. The first kappa shape index (κ1) is 18.1. The van der Waals surface area contributed by atoms with Crippen LogP contribution in [0.1, 0.15) is 42.5 Å². The van der Waals surface area contributed by atoms with Gasteiger partial charge in [-0.25, -0.2) is 9.97 Å². The molecule has 2 aromatic heterocycles. The Bertz CT molecular complexity index is 994. The minimum absolute atomic E-state index is 0.822. The van der Waals surface area contributed by atoms with Crippen LogP contribution in [0.5, 0.6) is 0 Å². The predicted octanol–water partition coefficient (Wildman–Crippen LogP) is 5.59. The molecule has 4 heteroatoms. The Hall–Kier alpha value is -3.27. The Labute approximate surface area is 165 Å². The van der Waals surface area contributed by atoms with Crippen LogP contribution in [0.2, 0.25) is 0 Å². The molecule has 0 fully saturated rings. The molecular weight excluding hydrogens is 344 g/mol. The quantitative estimate of drug-likeness (QED) is 0.413. The molecule has 0 bridgehead atoms. The third-order valence-electron chi connectivity index (χ3n) is 4.97. The van der Waals surface area contributed by atoms with Gasteiger partial charge in [0.15, 0.2) is 5.65 Å². The normalized spacial score (nSPS) is 10.9. The van der Waals surface area contributed by atoms with Gasteiger partial charge < -0.3 is 0 Å². The van der Waals surface area contributed by atoms with Gasteiger partial charge in [0.25, 0.3) is 0 Å². The van der Waals surface area contributed by atoms with E-state index in [4.69, 9.17) is 0 Å². The Morgan fingerprint density at radius 2 is 1.54 bits per heavy atom. The number of hydrogen-bond donors (Lipinski definition) is 1. The summed E-state index contributed by atoms with van der Waals surface area (Å²) in [4.78, 5) is 8.62. The number of allylic oxidation sites excluding steroid dienone is 1. The van der Waals surface area contributed by atoms with Crippen LogP contribution >= 0.6 is 0 Å². The van der Waals surface area contributed by atoms with Gasteiger partial charge in [0.1, 0.15) is 6.33 Å². The van der Waals surface area contributed by atoms with Crippen LogP contribution in [0.25, 0.3) is 16.6 Å². The van der Waals surface area contributed by atoms with E-state index in [0.29, 0.717) is 0 Å². The Kier molecular flexibility index (Phi) is 5.88. The smallest absolute Gasteiger partial charge is 0.158 e. The summed E-state index contributed by atoms with van der Waals surface area (Å²) in [6.07, 6.45) is 11.3. The van der Waals surface area contributed by atoms with Gasteiger partial charge in [-0.05, 0) is 42.4 Å². The lowest BCUT2D eigenvalue weighted by molar-refractivity contribution is 0.681. The van der Waals surface area contributed by atoms with Crippen LogP contribution in [-0.4, -0.2) is 20.2 Å². The highest BCUT2D eigenvalue weighted by Crippen LogP contribution is 2.24. The van der Waals surface area contributed by atoms with E-state index < -0.39 is 0 Å². The molecule has 4 rings (SSSR count). The van der Waals surface area contributed by atoms with Gasteiger partial charge in [-0.1, -0.05) is 73.2 Å². The largest absolute Gasteiger partial charge is 0.261 e. The fourth-order valence-electron chi connectivity index (χ4n) is 3.51. The van der Waals surface area contributed by atoms with Crippen molar-refractivity contribution >= 4 is 16.6 Å². The molecule has 0 aliphatic carbocycles.